The van der Waals surface area contributed by atoms with Gasteiger partial charge in [0.05, 0.1) is 0 Å². The predicted octanol–water partition coefficient (Wildman–Crippen LogP) is 3.96. The quantitative estimate of drug-likeness (QED) is 0.595. The number of rotatable bonds is 6. The van der Waals surface area contributed by atoms with Gasteiger partial charge in [-0.15, -0.1) is 0 Å². The standard InChI is InChI=1S/C18H20O3/c1-13-4-7-17(8-5-13)20-10-11-21-18-9-6-16(15(3)19)12-14(18)2/h4-9,12H,10-11H2,1-3H3. The Hall–Kier alpha value is -2.29. The summed E-state index contributed by atoms with van der Waals surface area (Å²) in [6.45, 7) is 6.48. The van der Waals surface area contributed by atoms with Crippen molar-refractivity contribution in [3.8, 4) is 11.5 Å². The van der Waals surface area contributed by atoms with E-state index in [1.165, 1.54) is 5.56 Å². The van der Waals surface area contributed by atoms with Crippen molar-refractivity contribution in [2.75, 3.05) is 13.2 Å². The molecular weight excluding hydrogens is 264 g/mol. The third kappa shape index (κ3) is 4.35. The minimum atomic E-state index is 0.0624. The summed E-state index contributed by atoms with van der Waals surface area (Å²) in [6, 6.07) is 13.4. The van der Waals surface area contributed by atoms with E-state index in [1.807, 2.05) is 50.2 Å². The lowest BCUT2D eigenvalue weighted by molar-refractivity contribution is 0.101. The summed E-state index contributed by atoms with van der Waals surface area (Å²) >= 11 is 0. The molecule has 0 heterocycles. The molecule has 0 saturated carbocycles. The monoisotopic (exact) mass is 284 g/mol. The molecule has 0 amide bonds. The van der Waals surface area contributed by atoms with Gasteiger partial charge in [-0.05, 0) is 56.7 Å². The van der Waals surface area contributed by atoms with Gasteiger partial charge in [0.25, 0.3) is 0 Å². The van der Waals surface area contributed by atoms with Crippen LogP contribution in [0.3, 0.4) is 0 Å². The van der Waals surface area contributed by atoms with Gasteiger partial charge in [-0.3, -0.25) is 4.79 Å². The van der Waals surface area contributed by atoms with Gasteiger partial charge in [0.2, 0.25) is 0 Å². The minimum Gasteiger partial charge on any atom is -0.490 e. The molecule has 0 bridgehead atoms. The maximum atomic E-state index is 11.3. The normalized spacial score (nSPS) is 10.2. The molecule has 2 aromatic rings. The third-order valence-corrected chi connectivity index (χ3v) is 3.21. The van der Waals surface area contributed by atoms with Crippen LogP contribution in [0.2, 0.25) is 0 Å². The summed E-state index contributed by atoms with van der Waals surface area (Å²) in [6.07, 6.45) is 0. The maximum Gasteiger partial charge on any atom is 0.159 e. The second kappa shape index (κ2) is 6.93. The lowest BCUT2D eigenvalue weighted by Gasteiger charge is -2.11. The van der Waals surface area contributed by atoms with Crippen molar-refractivity contribution in [3.63, 3.8) is 0 Å². The Morgan fingerprint density at radius 2 is 1.62 bits per heavy atom. The van der Waals surface area contributed by atoms with Gasteiger partial charge < -0.3 is 9.47 Å². The second-order valence-corrected chi connectivity index (χ2v) is 5.05. The molecular formula is C18H20O3. The molecule has 3 heteroatoms. The Morgan fingerprint density at radius 1 is 0.952 bits per heavy atom. The molecule has 0 unspecified atom stereocenters. The summed E-state index contributed by atoms with van der Waals surface area (Å²) in [7, 11) is 0. The van der Waals surface area contributed by atoms with Crippen LogP contribution in [0.15, 0.2) is 42.5 Å². The van der Waals surface area contributed by atoms with Gasteiger partial charge in [0.1, 0.15) is 24.7 Å². The van der Waals surface area contributed by atoms with Crippen LogP contribution in [0, 0.1) is 13.8 Å². The van der Waals surface area contributed by atoms with E-state index in [0.717, 1.165) is 17.1 Å². The lowest BCUT2D eigenvalue weighted by atomic mass is 10.1. The highest BCUT2D eigenvalue weighted by molar-refractivity contribution is 5.94. The Bertz CT molecular complexity index is 615. The average molecular weight is 284 g/mol. The lowest BCUT2D eigenvalue weighted by Crippen LogP contribution is -2.09. The molecule has 0 saturated heterocycles. The highest BCUT2D eigenvalue weighted by Crippen LogP contribution is 2.19. The molecule has 0 aliphatic heterocycles. The summed E-state index contributed by atoms with van der Waals surface area (Å²) in [5, 5.41) is 0. The van der Waals surface area contributed by atoms with Crippen LogP contribution < -0.4 is 9.47 Å². The van der Waals surface area contributed by atoms with Gasteiger partial charge in [0.15, 0.2) is 5.78 Å². The number of benzene rings is 2. The number of hydrogen-bond donors (Lipinski definition) is 0. The van der Waals surface area contributed by atoms with Crippen molar-refractivity contribution >= 4 is 5.78 Å². The average Bonchev–Trinajstić information content (AvgIpc) is 2.46. The molecule has 0 N–H and O–H groups in total. The fraction of sp³-hybridized carbons (Fsp3) is 0.278. The van der Waals surface area contributed by atoms with Crippen LogP contribution >= 0.6 is 0 Å². The summed E-state index contributed by atoms with van der Waals surface area (Å²) in [5.41, 5.74) is 2.87. The fourth-order valence-electron chi connectivity index (χ4n) is 1.98. The first-order valence-electron chi connectivity index (χ1n) is 7.00. The fourth-order valence-corrected chi connectivity index (χ4v) is 1.98. The van der Waals surface area contributed by atoms with Crippen LogP contribution in [0.4, 0.5) is 0 Å². The van der Waals surface area contributed by atoms with E-state index in [1.54, 1.807) is 13.0 Å². The highest BCUT2D eigenvalue weighted by atomic mass is 16.5. The summed E-state index contributed by atoms with van der Waals surface area (Å²) in [5.74, 6) is 1.69. The zero-order valence-electron chi connectivity index (χ0n) is 12.7. The van der Waals surface area contributed by atoms with E-state index in [2.05, 4.69) is 0 Å². The van der Waals surface area contributed by atoms with Crippen LogP contribution in [-0.4, -0.2) is 19.0 Å². The Labute approximate surface area is 125 Å². The molecule has 110 valence electrons. The van der Waals surface area contributed by atoms with E-state index in [9.17, 15) is 4.79 Å². The first kappa shape index (κ1) is 15.1. The molecule has 3 nitrogen and oxygen atoms in total. The molecule has 2 aromatic carbocycles. The van der Waals surface area contributed by atoms with Gasteiger partial charge in [0, 0.05) is 5.56 Å². The van der Waals surface area contributed by atoms with Crippen LogP contribution in [0.25, 0.3) is 0 Å². The van der Waals surface area contributed by atoms with Gasteiger partial charge in [-0.25, -0.2) is 0 Å². The van der Waals surface area contributed by atoms with Crippen molar-refractivity contribution in [2.45, 2.75) is 20.8 Å². The third-order valence-electron chi connectivity index (χ3n) is 3.21. The largest absolute Gasteiger partial charge is 0.490 e. The molecule has 0 spiro atoms. The molecule has 0 fully saturated rings. The van der Waals surface area contributed by atoms with Crippen molar-refractivity contribution in [3.05, 3.63) is 59.2 Å². The molecule has 0 aliphatic carbocycles. The number of carbonyl (C=O) groups excluding carboxylic acids is 1. The number of hydrogen-bond acceptors (Lipinski definition) is 3. The first-order chi connectivity index (χ1) is 10.1. The van der Waals surface area contributed by atoms with Gasteiger partial charge >= 0.3 is 0 Å². The molecule has 0 aliphatic rings. The Balaban J connectivity index is 1.83. The van der Waals surface area contributed by atoms with E-state index < -0.39 is 0 Å². The molecule has 0 aromatic heterocycles. The molecule has 0 atom stereocenters. The number of ether oxygens (including phenoxy) is 2. The molecule has 0 radical (unpaired) electrons. The van der Waals surface area contributed by atoms with E-state index >= 15 is 0 Å². The summed E-state index contributed by atoms with van der Waals surface area (Å²) in [4.78, 5) is 11.3. The summed E-state index contributed by atoms with van der Waals surface area (Å²) < 4.78 is 11.3. The Morgan fingerprint density at radius 3 is 2.24 bits per heavy atom. The first-order valence-corrected chi connectivity index (χ1v) is 7.00. The van der Waals surface area contributed by atoms with Crippen molar-refractivity contribution in [1.29, 1.82) is 0 Å². The second-order valence-electron chi connectivity index (χ2n) is 5.05. The van der Waals surface area contributed by atoms with Gasteiger partial charge in [-0.1, -0.05) is 17.7 Å². The van der Waals surface area contributed by atoms with Crippen LogP contribution in [0.1, 0.15) is 28.4 Å². The van der Waals surface area contributed by atoms with Gasteiger partial charge in [-0.2, -0.15) is 0 Å². The molecule has 2 rings (SSSR count). The van der Waals surface area contributed by atoms with Crippen molar-refractivity contribution in [1.82, 2.24) is 0 Å². The Kier molecular flexibility index (Phi) is 4.99. The van der Waals surface area contributed by atoms with E-state index in [-0.39, 0.29) is 5.78 Å². The molecule has 21 heavy (non-hydrogen) atoms. The van der Waals surface area contributed by atoms with E-state index in [4.69, 9.17) is 9.47 Å². The zero-order valence-corrected chi connectivity index (χ0v) is 12.7. The minimum absolute atomic E-state index is 0.0624. The zero-order chi connectivity index (χ0) is 15.2. The maximum absolute atomic E-state index is 11.3. The number of ketones is 1. The van der Waals surface area contributed by atoms with Crippen LogP contribution in [-0.2, 0) is 0 Å². The highest BCUT2D eigenvalue weighted by Gasteiger charge is 2.04. The number of Topliss-reactive ketones (excluding diaryl/α,β-unsaturated/α-hetero) is 1. The topological polar surface area (TPSA) is 35.5 Å². The van der Waals surface area contributed by atoms with Crippen LogP contribution in [0.5, 0.6) is 11.5 Å². The number of carbonyl (C=O) groups is 1. The smallest absolute Gasteiger partial charge is 0.159 e. The SMILES string of the molecule is CC(=O)c1ccc(OCCOc2ccc(C)cc2)c(C)c1. The predicted molar refractivity (Wildman–Crippen MR) is 83.4 cm³/mol. The van der Waals surface area contributed by atoms with Crippen molar-refractivity contribution in [2.24, 2.45) is 0 Å². The van der Waals surface area contributed by atoms with Crippen molar-refractivity contribution < 1.29 is 14.3 Å². The van der Waals surface area contributed by atoms with E-state index in [0.29, 0.717) is 18.8 Å². The number of aryl methyl sites for hydroxylation is 2.